The number of carbonyl (C=O) groups is 1. The highest BCUT2D eigenvalue weighted by molar-refractivity contribution is 7.73. The molecule has 0 spiro atoms. The minimum atomic E-state index is -0.191. The Bertz CT molecular complexity index is 752. The molecule has 1 saturated heterocycles. The van der Waals surface area contributed by atoms with Crippen molar-refractivity contribution in [3.8, 4) is 0 Å². The van der Waals surface area contributed by atoms with Crippen LogP contribution < -0.4 is 14.8 Å². The Hall–Kier alpha value is -1.77. The minimum absolute atomic E-state index is 0.191. The first-order chi connectivity index (χ1) is 12.2. The minimum Gasteiger partial charge on any atom is -0.466 e. The third kappa shape index (κ3) is 4.65. The molecular weight excluding hydrogens is 356 g/mol. The number of aromatic nitrogens is 2. The molecule has 0 amide bonds. The molecule has 0 aromatic carbocycles. The van der Waals surface area contributed by atoms with Gasteiger partial charge in [0.15, 0.2) is 10.6 Å². The Kier molecular flexibility index (Phi) is 6.17. The van der Waals surface area contributed by atoms with Crippen molar-refractivity contribution in [1.29, 1.82) is 0 Å². The molecule has 3 heterocycles. The van der Waals surface area contributed by atoms with Crippen LogP contribution in [0.15, 0.2) is 29.8 Å². The first-order valence-electron chi connectivity index (χ1n) is 8.55. The highest BCUT2D eigenvalue weighted by Crippen LogP contribution is 2.12. The van der Waals surface area contributed by atoms with Crippen molar-refractivity contribution in [2.45, 2.75) is 20.0 Å². The van der Waals surface area contributed by atoms with Crippen molar-refractivity contribution in [3.05, 3.63) is 39.4 Å². The molecule has 2 aromatic heterocycles. The second-order valence-corrected chi connectivity index (χ2v) is 7.55. The molecule has 1 fully saturated rings. The molecule has 0 radical (unpaired) electrons. The van der Waals surface area contributed by atoms with Crippen LogP contribution >= 0.6 is 23.6 Å². The van der Waals surface area contributed by atoms with Crippen LogP contribution in [0.1, 0.15) is 12.6 Å². The molecule has 8 heteroatoms. The van der Waals surface area contributed by atoms with Crippen molar-refractivity contribution in [1.82, 2.24) is 4.57 Å². The van der Waals surface area contributed by atoms with Crippen LogP contribution in [-0.2, 0) is 22.6 Å². The second kappa shape index (κ2) is 8.55. The fraction of sp³-hybridized carbons (Fsp3) is 0.471. The van der Waals surface area contributed by atoms with Gasteiger partial charge in [-0.3, -0.25) is 14.3 Å². The molecule has 1 aliphatic rings. The molecule has 0 saturated carbocycles. The van der Waals surface area contributed by atoms with Gasteiger partial charge in [0, 0.05) is 17.1 Å². The van der Waals surface area contributed by atoms with Crippen molar-refractivity contribution in [3.63, 3.8) is 0 Å². The predicted molar refractivity (Wildman–Crippen MR) is 99.4 cm³/mol. The van der Waals surface area contributed by atoms with Gasteiger partial charge in [-0.1, -0.05) is 6.07 Å². The van der Waals surface area contributed by atoms with Crippen LogP contribution in [0, 0.1) is 3.95 Å². The third-order valence-electron chi connectivity index (χ3n) is 4.38. The number of nitrogens with zero attached hydrogens (tertiary/aromatic N) is 2. The number of hydrogen-bond donors (Lipinski definition) is 1. The van der Waals surface area contributed by atoms with Crippen LogP contribution in [0.4, 0.5) is 5.82 Å². The molecule has 0 bridgehead atoms. The van der Waals surface area contributed by atoms with E-state index < -0.39 is 0 Å². The predicted octanol–water partition coefficient (Wildman–Crippen LogP) is 0.561. The summed E-state index contributed by atoms with van der Waals surface area (Å²) < 4.78 is 7.98. The van der Waals surface area contributed by atoms with Crippen molar-refractivity contribution in [2.24, 2.45) is 0 Å². The molecular formula is C17H24N4O2S2+2. The molecule has 3 rings (SSSR count). The normalized spacial score (nSPS) is 15.3. The van der Waals surface area contributed by atoms with Crippen molar-refractivity contribution < 1.29 is 19.4 Å². The highest BCUT2D eigenvalue weighted by Gasteiger charge is 2.26. The summed E-state index contributed by atoms with van der Waals surface area (Å²) in [5.41, 5.74) is 0.958. The van der Waals surface area contributed by atoms with Gasteiger partial charge in [0.1, 0.15) is 26.2 Å². The Morgan fingerprint density at radius 1 is 1.40 bits per heavy atom. The Balaban J connectivity index is 1.60. The molecule has 25 heavy (non-hydrogen) atoms. The van der Waals surface area contributed by atoms with E-state index in [1.54, 1.807) is 0 Å². The third-order valence-corrected chi connectivity index (χ3v) is 5.70. The van der Waals surface area contributed by atoms with Gasteiger partial charge in [-0.15, -0.1) is 11.3 Å². The number of thiazole rings is 1. The summed E-state index contributed by atoms with van der Waals surface area (Å²) >= 11 is 6.98. The Morgan fingerprint density at radius 2 is 2.20 bits per heavy atom. The topological polar surface area (TPSA) is 53.1 Å². The lowest BCUT2D eigenvalue weighted by Crippen LogP contribution is -3.14. The van der Waals surface area contributed by atoms with E-state index in [1.165, 1.54) is 16.2 Å². The van der Waals surface area contributed by atoms with Crippen molar-refractivity contribution in [2.75, 3.05) is 37.7 Å². The SMILES string of the molecule is CCOC(=O)Cc1csc(=S)n1C[NH+]1CCN(c2cccc[nH+]2)CC1. The molecule has 2 N–H and O–H groups in total. The van der Waals surface area contributed by atoms with Crippen LogP contribution in [0.3, 0.4) is 0 Å². The van der Waals surface area contributed by atoms with E-state index in [9.17, 15) is 4.79 Å². The number of esters is 1. The van der Waals surface area contributed by atoms with Gasteiger partial charge in [-0.25, -0.2) is 4.98 Å². The number of hydrogen-bond acceptors (Lipinski definition) is 5. The lowest BCUT2D eigenvalue weighted by molar-refractivity contribution is -0.923. The molecule has 0 unspecified atom stereocenters. The van der Waals surface area contributed by atoms with E-state index in [2.05, 4.69) is 26.6 Å². The average Bonchev–Trinajstić information content (AvgIpc) is 2.96. The maximum atomic E-state index is 11.8. The molecule has 2 aromatic rings. The number of carbonyl (C=O) groups excluding carboxylic acids is 1. The number of piperazine rings is 1. The second-order valence-electron chi connectivity index (χ2n) is 6.05. The maximum Gasteiger partial charge on any atom is 0.311 e. The standard InChI is InChI=1S/C17H22N4O2S2/c1-2-23-16(22)11-14-12-25-17(24)21(14)13-19-7-9-20(10-8-19)15-5-3-4-6-18-15/h3-6,12H,2,7-11,13H2,1H3/p+2. The van der Waals surface area contributed by atoms with Gasteiger partial charge in [0.25, 0.3) is 5.82 Å². The zero-order chi connectivity index (χ0) is 17.6. The molecule has 134 valence electrons. The number of aromatic amines is 1. The first kappa shape index (κ1) is 18.0. The number of H-pyrrole nitrogens is 1. The van der Waals surface area contributed by atoms with E-state index in [0.717, 1.165) is 48.3 Å². The summed E-state index contributed by atoms with van der Waals surface area (Å²) in [5.74, 6) is 0.972. The van der Waals surface area contributed by atoms with E-state index in [0.29, 0.717) is 13.0 Å². The molecule has 6 nitrogen and oxygen atoms in total. The summed E-state index contributed by atoms with van der Waals surface area (Å²) in [7, 11) is 0. The monoisotopic (exact) mass is 380 g/mol. The lowest BCUT2D eigenvalue weighted by atomic mass is 10.3. The summed E-state index contributed by atoms with van der Waals surface area (Å²) in [6.07, 6.45) is 2.25. The Labute approximate surface area is 156 Å². The van der Waals surface area contributed by atoms with Crippen LogP contribution in [-0.4, -0.2) is 43.3 Å². The molecule has 0 aliphatic carbocycles. The maximum absolute atomic E-state index is 11.8. The zero-order valence-electron chi connectivity index (χ0n) is 14.4. The Morgan fingerprint density at radius 3 is 2.88 bits per heavy atom. The van der Waals surface area contributed by atoms with Gasteiger partial charge in [-0.05, 0) is 25.2 Å². The molecule has 1 aliphatic heterocycles. The van der Waals surface area contributed by atoms with Gasteiger partial charge in [0.2, 0.25) is 0 Å². The van der Waals surface area contributed by atoms with Crippen molar-refractivity contribution >= 4 is 35.3 Å². The van der Waals surface area contributed by atoms with E-state index in [4.69, 9.17) is 17.0 Å². The summed E-state index contributed by atoms with van der Waals surface area (Å²) in [4.78, 5) is 18.9. The van der Waals surface area contributed by atoms with E-state index in [-0.39, 0.29) is 5.97 Å². The largest absolute Gasteiger partial charge is 0.466 e. The zero-order valence-corrected chi connectivity index (χ0v) is 16.0. The van der Waals surface area contributed by atoms with E-state index in [1.807, 2.05) is 24.6 Å². The van der Waals surface area contributed by atoms with Crippen LogP contribution in [0.2, 0.25) is 0 Å². The number of quaternary nitrogens is 1. The molecule has 0 atom stereocenters. The summed E-state index contributed by atoms with van der Waals surface area (Å²) in [6, 6.07) is 6.16. The fourth-order valence-electron chi connectivity index (χ4n) is 3.05. The van der Waals surface area contributed by atoms with E-state index >= 15 is 0 Å². The number of ether oxygens (including phenoxy) is 1. The summed E-state index contributed by atoms with van der Waals surface area (Å²) in [5, 5.41) is 1.98. The highest BCUT2D eigenvalue weighted by atomic mass is 32.1. The van der Waals surface area contributed by atoms with Crippen LogP contribution in [0.25, 0.3) is 0 Å². The number of pyridine rings is 1. The smallest absolute Gasteiger partial charge is 0.311 e. The van der Waals surface area contributed by atoms with Gasteiger partial charge in [-0.2, -0.15) is 0 Å². The van der Waals surface area contributed by atoms with Gasteiger partial charge in [0.05, 0.1) is 19.2 Å². The summed E-state index contributed by atoms with van der Waals surface area (Å²) in [6.45, 7) is 7.13. The number of nitrogens with one attached hydrogen (secondary N) is 2. The van der Waals surface area contributed by atoms with Crippen LogP contribution in [0.5, 0.6) is 0 Å². The lowest BCUT2D eigenvalue weighted by Gasteiger charge is -2.28. The van der Waals surface area contributed by atoms with Gasteiger partial charge >= 0.3 is 5.97 Å². The first-order valence-corrected chi connectivity index (χ1v) is 9.84. The number of rotatable bonds is 6. The fourth-order valence-corrected chi connectivity index (χ4v) is 4.13. The number of anilines is 1. The van der Waals surface area contributed by atoms with Gasteiger partial charge < -0.3 is 9.64 Å². The quantitative estimate of drug-likeness (QED) is 0.588. The average molecular weight is 381 g/mol.